The lowest BCUT2D eigenvalue weighted by molar-refractivity contribution is -0.385. The van der Waals surface area contributed by atoms with Crippen molar-refractivity contribution < 1.29 is 19.6 Å². The van der Waals surface area contributed by atoms with E-state index in [-0.39, 0.29) is 30.7 Å². The number of benzene rings is 1. The van der Waals surface area contributed by atoms with Crippen molar-refractivity contribution in [1.29, 1.82) is 0 Å². The van der Waals surface area contributed by atoms with Gasteiger partial charge in [-0.25, -0.2) is 4.79 Å². The highest BCUT2D eigenvalue weighted by Gasteiger charge is 2.55. The van der Waals surface area contributed by atoms with E-state index in [0.29, 0.717) is 24.9 Å². The van der Waals surface area contributed by atoms with Crippen LogP contribution in [0.3, 0.4) is 0 Å². The quantitative estimate of drug-likeness (QED) is 0.625. The minimum atomic E-state index is -0.815. The van der Waals surface area contributed by atoms with Crippen molar-refractivity contribution in [1.82, 2.24) is 10.2 Å². The highest BCUT2D eigenvalue weighted by atomic mass is 16.6. The molecule has 1 saturated carbocycles. The van der Waals surface area contributed by atoms with Crippen LogP contribution in [0, 0.1) is 21.4 Å². The molecule has 8 heteroatoms. The number of hydrogen-bond acceptors (Lipinski definition) is 4. The van der Waals surface area contributed by atoms with Gasteiger partial charge in [-0.1, -0.05) is 24.6 Å². The van der Waals surface area contributed by atoms with E-state index in [1.165, 1.54) is 6.07 Å². The molecule has 2 N–H and O–H groups in total. The van der Waals surface area contributed by atoms with Gasteiger partial charge in [0.05, 0.1) is 10.3 Å². The van der Waals surface area contributed by atoms with Gasteiger partial charge in [0, 0.05) is 31.3 Å². The van der Waals surface area contributed by atoms with Crippen molar-refractivity contribution in [3.63, 3.8) is 0 Å². The first-order chi connectivity index (χ1) is 11.9. The summed E-state index contributed by atoms with van der Waals surface area (Å²) < 4.78 is 0. The summed E-state index contributed by atoms with van der Waals surface area (Å²) >= 11 is 0. The fraction of sp³-hybridized carbons (Fsp3) is 0.529. The van der Waals surface area contributed by atoms with E-state index in [1.54, 1.807) is 23.1 Å². The number of nitrogens with zero attached hydrogens (tertiary/aromatic N) is 2. The fourth-order valence-electron chi connectivity index (χ4n) is 4.11. The van der Waals surface area contributed by atoms with Crippen LogP contribution in [0.4, 0.5) is 10.5 Å². The third-order valence-electron chi connectivity index (χ3n) is 5.44. The van der Waals surface area contributed by atoms with Crippen LogP contribution in [0.15, 0.2) is 24.3 Å². The number of urea groups is 1. The molecule has 0 radical (unpaired) electrons. The average molecular weight is 347 g/mol. The normalized spacial score (nSPS) is 24.8. The summed E-state index contributed by atoms with van der Waals surface area (Å²) in [6.45, 7) is 0.971. The Morgan fingerprint density at radius 1 is 1.40 bits per heavy atom. The zero-order chi connectivity index (χ0) is 18.0. The lowest BCUT2D eigenvalue weighted by atomic mass is 9.81. The molecule has 8 nitrogen and oxygen atoms in total. The Morgan fingerprint density at radius 2 is 2.16 bits per heavy atom. The second kappa shape index (κ2) is 6.70. The van der Waals surface area contributed by atoms with E-state index in [4.69, 9.17) is 0 Å². The number of para-hydroxylation sites is 1. The molecule has 1 aromatic carbocycles. The molecular formula is C17H21N3O5. The Bertz CT molecular complexity index is 707. The maximum atomic E-state index is 12.3. The first-order valence-corrected chi connectivity index (χ1v) is 8.42. The van der Waals surface area contributed by atoms with Crippen molar-refractivity contribution in [2.24, 2.45) is 11.3 Å². The highest BCUT2D eigenvalue weighted by Crippen LogP contribution is 2.48. The molecule has 134 valence electrons. The van der Waals surface area contributed by atoms with Gasteiger partial charge >= 0.3 is 12.0 Å². The number of rotatable bonds is 5. The molecule has 1 saturated heterocycles. The van der Waals surface area contributed by atoms with Crippen LogP contribution < -0.4 is 5.32 Å². The van der Waals surface area contributed by atoms with Crippen LogP contribution in [0.25, 0.3) is 0 Å². The second-order valence-electron chi connectivity index (χ2n) is 6.80. The van der Waals surface area contributed by atoms with E-state index in [9.17, 15) is 24.8 Å². The molecule has 0 aromatic heterocycles. The summed E-state index contributed by atoms with van der Waals surface area (Å²) in [5, 5.41) is 23.3. The third-order valence-corrected chi connectivity index (χ3v) is 5.44. The van der Waals surface area contributed by atoms with Crippen molar-refractivity contribution in [2.75, 3.05) is 19.6 Å². The van der Waals surface area contributed by atoms with Crippen LogP contribution in [-0.2, 0) is 11.2 Å². The number of fused-ring (bicyclic) bond motifs is 1. The van der Waals surface area contributed by atoms with Gasteiger partial charge in [-0.2, -0.15) is 0 Å². The molecule has 0 unspecified atom stereocenters. The van der Waals surface area contributed by atoms with Crippen molar-refractivity contribution in [2.45, 2.75) is 25.7 Å². The van der Waals surface area contributed by atoms with Crippen molar-refractivity contribution >= 4 is 17.7 Å². The Labute approximate surface area is 145 Å². The van der Waals surface area contributed by atoms with Gasteiger partial charge < -0.3 is 15.3 Å². The Hall–Kier alpha value is -2.64. The number of aliphatic carboxylic acids is 1. The minimum Gasteiger partial charge on any atom is -0.481 e. The smallest absolute Gasteiger partial charge is 0.317 e. The highest BCUT2D eigenvalue weighted by molar-refractivity contribution is 5.80. The van der Waals surface area contributed by atoms with E-state index in [2.05, 4.69) is 5.32 Å². The standard InChI is InChI=1S/C17H21N3O5/c21-15(22)17-8-3-5-13(17)10-19(11-17)16(23)18-9-7-12-4-1-2-6-14(12)20(24)25/h1-2,4,6,13H,3,5,7-11H2,(H,18,23)(H,21,22)/t13-,17+/m0/s1. The Morgan fingerprint density at radius 3 is 2.84 bits per heavy atom. The number of hydrogen-bond donors (Lipinski definition) is 2. The minimum absolute atomic E-state index is 0.0194. The van der Waals surface area contributed by atoms with Crippen molar-refractivity contribution in [3.8, 4) is 0 Å². The van der Waals surface area contributed by atoms with Gasteiger partial charge in [-0.3, -0.25) is 14.9 Å². The van der Waals surface area contributed by atoms with Crippen LogP contribution in [0.1, 0.15) is 24.8 Å². The molecule has 2 amide bonds. The summed E-state index contributed by atoms with van der Waals surface area (Å²) in [5.74, 6) is -0.795. The maximum Gasteiger partial charge on any atom is 0.317 e. The third kappa shape index (κ3) is 3.16. The molecule has 25 heavy (non-hydrogen) atoms. The number of carbonyl (C=O) groups is 2. The van der Waals surface area contributed by atoms with Crippen LogP contribution >= 0.6 is 0 Å². The number of carboxylic acids is 1. The maximum absolute atomic E-state index is 12.3. The molecule has 1 aliphatic carbocycles. The van der Waals surface area contributed by atoms with Crippen LogP contribution in [0.2, 0.25) is 0 Å². The SMILES string of the molecule is O=C(NCCc1ccccc1[N+](=O)[O-])N1C[C@@H]2CCC[C@@]2(C(=O)O)C1. The number of amides is 2. The van der Waals surface area contributed by atoms with Gasteiger partial charge in [0.15, 0.2) is 0 Å². The number of carbonyl (C=O) groups excluding carboxylic acids is 1. The van der Waals surface area contributed by atoms with Gasteiger partial charge in [-0.05, 0) is 25.2 Å². The number of nitrogens with one attached hydrogen (secondary N) is 1. The van der Waals surface area contributed by atoms with Crippen LogP contribution in [-0.4, -0.2) is 46.6 Å². The molecule has 2 atom stereocenters. The van der Waals surface area contributed by atoms with Gasteiger partial charge in [-0.15, -0.1) is 0 Å². The summed E-state index contributed by atoms with van der Waals surface area (Å²) in [7, 11) is 0. The number of likely N-dealkylation sites (tertiary alicyclic amines) is 1. The van der Waals surface area contributed by atoms with Crippen LogP contribution in [0.5, 0.6) is 0 Å². The predicted octanol–water partition coefficient (Wildman–Crippen LogP) is 2.03. The molecule has 2 fully saturated rings. The Kier molecular flexibility index (Phi) is 4.61. The lowest BCUT2D eigenvalue weighted by Crippen LogP contribution is -2.42. The van der Waals surface area contributed by atoms with Gasteiger partial charge in [0.25, 0.3) is 5.69 Å². The first-order valence-electron chi connectivity index (χ1n) is 8.42. The first kappa shape index (κ1) is 17.2. The largest absolute Gasteiger partial charge is 0.481 e. The molecule has 1 aliphatic heterocycles. The zero-order valence-electron chi connectivity index (χ0n) is 13.8. The molecule has 0 bridgehead atoms. The summed E-state index contributed by atoms with van der Waals surface area (Å²) in [6, 6.07) is 6.14. The topological polar surface area (TPSA) is 113 Å². The summed E-state index contributed by atoms with van der Waals surface area (Å²) in [5.41, 5.74) is -0.194. The van der Waals surface area contributed by atoms with E-state index in [1.807, 2.05) is 0 Å². The average Bonchev–Trinajstić information content (AvgIpc) is 3.13. The Balaban J connectivity index is 1.56. The lowest BCUT2D eigenvalue weighted by Gasteiger charge is -2.23. The van der Waals surface area contributed by atoms with Gasteiger partial charge in [0.1, 0.15) is 0 Å². The summed E-state index contributed by atoms with van der Waals surface area (Å²) in [6.07, 6.45) is 2.70. The molecule has 0 spiro atoms. The second-order valence-corrected chi connectivity index (χ2v) is 6.80. The van der Waals surface area contributed by atoms with E-state index < -0.39 is 16.3 Å². The molecule has 3 rings (SSSR count). The number of nitro groups is 1. The summed E-state index contributed by atoms with van der Waals surface area (Å²) in [4.78, 5) is 36.1. The zero-order valence-corrected chi connectivity index (χ0v) is 13.8. The molecule has 1 aromatic rings. The monoisotopic (exact) mass is 347 g/mol. The fourth-order valence-corrected chi connectivity index (χ4v) is 4.11. The van der Waals surface area contributed by atoms with E-state index >= 15 is 0 Å². The van der Waals surface area contributed by atoms with Gasteiger partial charge in [0.2, 0.25) is 0 Å². The molecular weight excluding hydrogens is 326 g/mol. The predicted molar refractivity (Wildman–Crippen MR) is 89.2 cm³/mol. The van der Waals surface area contributed by atoms with E-state index in [0.717, 1.165) is 12.8 Å². The number of carboxylic acid groups (broad SMARTS) is 1. The molecule has 2 aliphatic rings. The molecule has 1 heterocycles. The number of nitro benzene ring substituents is 1. The van der Waals surface area contributed by atoms with Crippen molar-refractivity contribution in [3.05, 3.63) is 39.9 Å².